The van der Waals surface area contributed by atoms with Crippen molar-refractivity contribution in [3.8, 4) is 0 Å². The van der Waals surface area contributed by atoms with Crippen molar-refractivity contribution in [1.29, 1.82) is 0 Å². The zero-order chi connectivity index (χ0) is 13.2. The van der Waals surface area contributed by atoms with E-state index in [4.69, 9.17) is 5.73 Å². The number of benzene rings is 1. The molecule has 4 nitrogen and oxygen atoms in total. The molecule has 1 saturated heterocycles. The van der Waals surface area contributed by atoms with Crippen LogP contribution in [0.25, 0.3) is 0 Å². The van der Waals surface area contributed by atoms with Gasteiger partial charge < -0.3 is 5.73 Å². The number of hydrogen-bond donors (Lipinski definition) is 1. The summed E-state index contributed by atoms with van der Waals surface area (Å²) in [6, 6.07) is 7.00. The molecule has 0 amide bonds. The number of nitrogens with zero attached hydrogens (tertiary/aromatic N) is 1. The Morgan fingerprint density at radius 2 is 2.06 bits per heavy atom. The fraction of sp³-hybridized carbons (Fsp3) is 0.538. The first kappa shape index (κ1) is 13.5. The summed E-state index contributed by atoms with van der Waals surface area (Å²) in [5.74, 6) is 0. The molecule has 1 heterocycles. The molecule has 2 N–H and O–H groups in total. The molecule has 1 aromatic rings. The molecular weight excluding hydrogens is 248 g/mol. The standard InChI is InChI=1S/C13H20N2O2S/c1-11-6-5-7-12(10-11)18(16,17)15-9-4-2-3-8-13(15)14/h5-7,10,13H,2-4,8-9,14H2,1H3. The van der Waals surface area contributed by atoms with E-state index in [0.717, 1.165) is 31.2 Å². The van der Waals surface area contributed by atoms with Crippen molar-refractivity contribution in [3.05, 3.63) is 29.8 Å². The zero-order valence-corrected chi connectivity index (χ0v) is 11.5. The molecule has 0 aliphatic carbocycles. The Balaban J connectivity index is 2.35. The molecule has 0 radical (unpaired) electrons. The Bertz CT molecular complexity index is 513. The predicted molar refractivity (Wildman–Crippen MR) is 71.5 cm³/mol. The molecule has 1 fully saturated rings. The van der Waals surface area contributed by atoms with E-state index in [1.54, 1.807) is 18.2 Å². The monoisotopic (exact) mass is 268 g/mol. The smallest absolute Gasteiger partial charge is 0.244 e. The lowest BCUT2D eigenvalue weighted by Crippen LogP contribution is -2.45. The van der Waals surface area contributed by atoms with Crippen LogP contribution in [0, 0.1) is 6.92 Å². The van der Waals surface area contributed by atoms with Crippen molar-refractivity contribution in [1.82, 2.24) is 4.31 Å². The van der Waals surface area contributed by atoms with E-state index in [1.807, 2.05) is 13.0 Å². The topological polar surface area (TPSA) is 63.4 Å². The average molecular weight is 268 g/mol. The second-order valence-corrected chi connectivity index (χ2v) is 6.74. The minimum atomic E-state index is -3.45. The maximum atomic E-state index is 12.5. The van der Waals surface area contributed by atoms with Crippen LogP contribution in [-0.2, 0) is 10.0 Å². The molecule has 1 unspecified atom stereocenters. The van der Waals surface area contributed by atoms with Gasteiger partial charge in [0.2, 0.25) is 10.0 Å². The van der Waals surface area contributed by atoms with Crippen molar-refractivity contribution in [2.24, 2.45) is 5.73 Å². The largest absolute Gasteiger partial charge is 0.315 e. The maximum absolute atomic E-state index is 12.5. The Kier molecular flexibility index (Phi) is 4.04. The first-order valence-electron chi connectivity index (χ1n) is 6.36. The molecule has 0 saturated carbocycles. The van der Waals surface area contributed by atoms with Crippen LogP contribution in [0.3, 0.4) is 0 Å². The lowest BCUT2D eigenvalue weighted by Gasteiger charge is -2.26. The number of aryl methyl sites for hydroxylation is 1. The van der Waals surface area contributed by atoms with E-state index in [9.17, 15) is 8.42 Å². The van der Waals surface area contributed by atoms with Crippen LogP contribution in [0.5, 0.6) is 0 Å². The molecule has 18 heavy (non-hydrogen) atoms. The highest BCUT2D eigenvalue weighted by atomic mass is 32.2. The van der Waals surface area contributed by atoms with E-state index in [2.05, 4.69) is 0 Å². The van der Waals surface area contributed by atoms with E-state index in [1.165, 1.54) is 4.31 Å². The van der Waals surface area contributed by atoms with Crippen molar-refractivity contribution >= 4 is 10.0 Å². The summed E-state index contributed by atoms with van der Waals surface area (Å²) in [7, 11) is -3.45. The summed E-state index contributed by atoms with van der Waals surface area (Å²) < 4.78 is 26.6. The lowest BCUT2D eigenvalue weighted by atomic mass is 10.2. The minimum Gasteiger partial charge on any atom is -0.315 e. The van der Waals surface area contributed by atoms with Gasteiger partial charge >= 0.3 is 0 Å². The third-order valence-electron chi connectivity index (χ3n) is 3.34. The third-order valence-corrected chi connectivity index (χ3v) is 5.26. The van der Waals surface area contributed by atoms with Gasteiger partial charge in [-0.3, -0.25) is 0 Å². The Morgan fingerprint density at radius 1 is 1.28 bits per heavy atom. The molecular formula is C13H20N2O2S. The number of rotatable bonds is 2. The highest BCUT2D eigenvalue weighted by molar-refractivity contribution is 7.89. The molecule has 5 heteroatoms. The summed E-state index contributed by atoms with van der Waals surface area (Å²) in [4.78, 5) is 0.347. The predicted octanol–water partition coefficient (Wildman–Crippen LogP) is 1.84. The van der Waals surface area contributed by atoms with E-state index >= 15 is 0 Å². The summed E-state index contributed by atoms with van der Waals surface area (Å²) in [6.45, 7) is 2.42. The highest BCUT2D eigenvalue weighted by Crippen LogP contribution is 2.23. The molecule has 1 atom stereocenters. The Labute approximate surface area is 109 Å². The van der Waals surface area contributed by atoms with Gasteiger partial charge in [-0.05, 0) is 37.5 Å². The van der Waals surface area contributed by atoms with Crippen LogP contribution in [-0.4, -0.2) is 25.4 Å². The number of nitrogens with two attached hydrogens (primary N) is 1. The Morgan fingerprint density at radius 3 is 2.78 bits per heavy atom. The van der Waals surface area contributed by atoms with Gasteiger partial charge in [-0.2, -0.15) is 4.31 Å². The highest BCUT2D eigenvalue weighted by Gasteiger charge is 2.30. The van der Waals surface area contributed by atoms with Gasteiger partial charge in [0.25, 0.3) is 0 Å². The molecule has 1 aliphatic rings. The van der Waals surface area contributed by atoms with Gasteiger partial charge in [-0.1, -0.05) is 25.0 Å². The van der Waals surface area contributed by atoms with Crippen LogP contribution in [0.2, 0.25) is 0 Å². The van der Waals surface area contributed by atoms with Crippen molar-refractivity contribution < 1.29 is 8.42 Å². The van der Waals surface area contributed by atoms with Crippen LogP contribution in [0.1, 0.15) is 31.2 Å². The van der Waals surface area contributed by atoms with Crippen LogP contribution >= 0.6 is 0 Å². The van der Waals surface area contributed by atoms with Crippen molar-refractivity contribution in [2.45, 2.75) is 43.7 Å². The lowest BCUT2D eigenvalue weighted by molar-refractivity contribution is 0.329. The van der Waals surface area contributed by atoms with Gasteiger partial charge in [0.1, 0.15) is 0 Å². The quantitative estimate of drug-likeness (QED) is 0.890. The fourth-order valence-electron chi connectivity index (χ4n) is 2.32. The van der Waals surface area contributed by atoms with Crippen LogP contribution in [0.4, 0.5) is 0 Å². The van der Waals surface area contributed by atoms with Crippen molar-refractivity contribution in [3.63, 3.8) is 0 Å². The first-order chi connectivity index (χ1) is 8.51. The fourth-order valence-corrected chi connectivity index (χ4v) is 4.00. The molecule has 100 valence electrons. The maximum Gasteiger partial charge on any atom is 0.244 e. The van der Waals surface area contributed by atoms with E-state index < -0.39 is 16.2 Å². The van der Waals surface area contributed by atoms with E-state index in [0.29, 0.717) is 11.4 Å². The second kappa shape index (κ2) is 5.38. The number of sulfonamides is 1. The third kappa shape index (κ3) is 2.74. The normalized spacial score (nSPS) is 22.7. The first-order valence-corrected chi connectivity index (χ1v) is 7.80. The molecule has 0 aromatic heterocycles. The van der Waals surface area contributed by atoms with E-state index in [-0.39, 0.29) is 0 Å². The summed E-state index contributed by atoms with van der Waals surface area (Å²) >= 11 is 0. The Hall–Kier alpha value is -0.910. The van der Waals surface area contributed by atoms with Crippen molar-refractivity contribution in [2.75, 3.05) is 6.54 Å². The molecule has 1 aromatic carbocycles. The zero-order valence-electron chi connectivity index (χ0n) is 10.7. The second-order valence-electron chi connectivity index (χ2n) is 4.85. The molecule has 1 aliphatic heterocycles. The molecule has 2 rings (SSSR count). The average Bonchev–Trinajstić information content (AvgIpc) is 2.54. The van der Waals surface area contributed by atoms with Gasteiger partial charge in [-0.15, -0.1) is 0 Å². The van der Waals surface area contributed by atoms with Crippen LogP contribution in [0.15, 0.2) is 29.2 Å². The van der Waals surface area contributed by atoms with Gasteiger partial charge in [0.05, 0.1) is 11.1 Å². The van der Waals surface area contributed by atoms with Gasteiger partial charge in [0.15, 0.2) is 0 Å². The molecule has 0 spiro atoms. The summed E-state index contributed by atoms with van der Waals surface area (Å²) in [6.07, 6.45) is 3.29. The number of hydrogen-bond acceptors (Lipinski definition) is 3. The SMILES string of the molecule is Cc1cccc(S(=O)(=O)N2CCCCCC2N)c1. The molecule has 0 bridgehead atoms. The van der Waals surface area contributed by atoms with Crippen LogP contribution < -0.4 is 5.73 Å². The van der Waals surface area contributed by atoms with Gasteiger partial charge in [0, 0.05) is 6.54 Å². The van der Waals surface area contributed by atoms with Gasteiger partial charge in [-0.25, -0.2) is 8.42 Å². The summed E-state index contributed by atoms with van der Waals surface area (Å²) in [5.41, 5.74) is 6.93. The summed E-state index contributed by atoms with van der Waals surface area (Å²) in [5, 5.41) is 0. The minimum absolute atomic E-state index is 0.347.